The Hall–Kier alpha value is -1.55. The van der Waals surface area contributed by atoms with E-state index in [1.807, 2.05) is 0 Å². The van der Waals surface area contributed by atoms with Crippen molar-refractivity contribution in [3.63, 3.8) is 0 Å². The Bertz CT molecular complexity index is 322. The van der Waals surface area contributed by atoms with Gasteiger partial charge in [-0.25, -0.2) is 4.79 Å². The van der Waals surface area contributed by atoms with Gasteiger partial charge >= 0.3 is 5.97 Å². The number of hydrogen-bond donors (Lipinski definition) is 2. The van der Waals surface area contributed by atoms with Crippen molar-refractivity contribution >= 4 is 5.97 Å². The number of hydrogen-bond acceptors (Lipinski definition) is 3. The molecule has 1 aromatic rings. The summed E-state index contributed by atoms with van der Waals surface area (Å²) in [6.45, 7) is 0.550. The molecule has 2 N–H and O–H groups in total. The number of para-hydroxylation sites is 1. The van der Waals surface area contributed by atoms with Crippen LogP contribution in [0.15, 0.2) is 24.3 Å². The number of carboxylic acids is 1. The first-order valence-electron chi connectivity index (χ1n) is 4.81. The Labute approximate surface area is 88.1 Å². The molecule has 4 nitrogen and oxygen atoms in total. The molecule has 0 aliphatic carbocycles. The van der Waals surface area contributed by atoms with E-state index in [-0.39, 0.29) is 12.2 Å². The van der Waals surface area contributed by atoms with Crippen molar-refractivity contribution in [3.8, 4) is 5.75 Å². The summed E-state index contributed by atoms with van der Waals surface area (Å²) in [6.07, 6.45) is 1.37. The molecule has 0 unspecified atom stereocenters. The highest BCUT2D eigenvalue weighted by molar-refractivity contribution is 5.90. The van der Waals surface area contributed by atoms with Crippen LogP contribution in [0.3, 0.4) is 0 Å². The molecule has 0 heterocycles. The molecule has 4 heteroatoms. The third kappa shape index (κ3) is 3.59. The predicted octanol–water partition coefficient (Wildman–Crippen LogP) is 1.54. The van der Waals surface area contributed by atoms with E-state index in [0.717, 1.165) is 0 Å². The molecule has 0 spiro atoms. The van der Waals surface area contributed by atoms with Crippen LogP contribution in [0.2, 0.25) is 0 Å². The van der Waals surface area contributed by atoms with Gasteiger partial charge in [0.05, 0.1) is 6.61 Å². The van der Waals surface area contributed by atoms with Gasteiger partial charge in [-0.1, -0.05) is 12.1 Å². The number of aromatic carboxylic acids is 1. The SMILES string of the molecule is O=C(O)c1ccccc1OCCCCO. The lowest BCUT2D eigenvalue weighted by Gasteiger charge is -2.07. The molecule has 1 aromatic carbocycles. The quantitative estimate of drug-likeness (QED) is 0.699. The van der Waals surface area contributed by atoms with Gasteiger partial charge in [-0.15, -0.1) is 0 Å². The molecule has 15 heavy (non-hydrogen) atoms. The molecule has 0 saturated heterocycles. The van der Waals surface area contributed by atoms with E-state index < -0.39 is 5.97 Å². The van der Waals surface area contributed by atoms with Crippen molar-refractivity contribution in [2.45, 2.75) is 12.8 Å². The van der Waals surface area contributed by atoms with Crippen LogP contribution in [0.25, 0.3) is 0 Å². The van der Waals surface area contributed by atoms with E-state index in [9.17, 15) is 4.79 Å². The van der Waals surface area contributed by atoms with Crippen LogP contribution in [-0.4, -0.2) is 29.4 Å². The Morgan fingerprint density at radius 2 is 2.00 bits per heavy atom. The van der Waals surface area contributed by atoms with E-state index in [0.29, 0.717) is 25.2 Å². The summed E-state index contributed by atoms with van der Waals surface area (Å²) in [7, 11) is 0. The second kappa shape index (κ2) is 6.03. The van der Waals surface area contributed by atoms with Crippen LogP contribution in [0.1, 0.15) is 23.2 Å². The van der Waals surface area contributed by atoms with Crippen molar-refractivity contribution in [3.05, 3.63) is 29.8 Å². The van der Waals surface area contributed by atoms with Crippen LogP contribution in [0.5, 0.6) is 5.75 Å². The minimum Gasteiger partial charge on any atom is -0.493 e. The van der Waals surface area contributed by atoms with Crippen molar-refractivity contribution < 1.29 is 19.7 Å². The maximum Gasteiger partial charge on any atom is 0.339 e. The zero-order chi connectivity index (χ0) is 11.1. The van der Waals surface area contributed by atoms with E-state index in [2.05, 4.69) is 0 Å². The third-order valence-electron chi connectivity index (χ3n) is 1.93. The minimum atomic E-state index is -0.993. The molecule has 0 atom stereocenters. The highest BCUT2D eigenvalue weighted by Crippen LogP contribution is 2.17. The molecule has 0 aromatic heterocycles. The average Bonchev–Trinajstić information content (AvgIpc) is 2.25. The Morgan fingerprint density at radius 1 is 1.27 bits per heavy atom. The molecule has 82 valence electrons. The number of ether oxygens (including phenoxy) is 1. The number of carboxylic acid groups (broad SMARTS) is 1. The maximum absolute atomic E-state index is 10.8. The largest absolute Gasteiger partial charge is 0.493 e. The molecule has 0 radical (unpaired) electrons. The first-order valence-corrected chi connectivity index (χ1v) is 4.81. The fourth-order valence-corrected chi connectivity index (χ4v) is 1.17. The molecule has 0 aliphatic rings. The van der Waals surface area contributed by atoms with Crippen molar-refractivity contribution in [1.29, 1.82) is 0 Å². The molecular formula is C11H14O4. The minimum absolute atomic E-state index is 0.129. The van der Waals surface area contributed by atoms with Gasteiger partial charge < -0.3 is 14.9 Å². The smallest absolute Gasteiger partial charge is 0.339 e. The summed E-state index contributed by atoms with van der Waals surface area (Å²) >= 11 is 0. The number of rotatable bonds is 6. The van der Waals surface area contributed by atoms with E-state index in [1.54, 1.807) is 18.2 Å². The average molecular weight is 210 g/mol. The number of aliphatic hydroxyl groups excluding tert-OH is 1. The first-order chi connectivity index (χ1) is 7.25. The molecule has 0 fully saturated rings. The fourth-order valence-electron chi connectivity index (χ4n) is 1.17. The van der Waals surface area contributed by atoms with Gasteiger partial charge in [0.2, 0.25) is 0 Å². The van der Waals surface area contributed by atoms with Crippen LogP contribution >= 0.6 is 0 Å². The number of carbonyl (C=O) groups is 1. The molecule has 0 aliphatic heterocycles. The monoisotopic (exact) mass is 210 g/mol. The van der Waals surface area contributed by atoms with Gasteiger partial charge in [0, 0.05) is 6.61 Å². The van der Waals surface area contributed by atoms with Crippen LogP contribution in [-0.2, 0) is 0 Å². The lowest BCUT2D eigenvalue weighted by Crippen LogP contribution is -2.04. The summed E-state index contributed by atoms with van der Waals surface area (Å²) in [5.41, 5.74) is 0.168. The molecule has 1 rings (SSSR count). The number of unbranched alkanes of at least 4 members (excludes halogenated alkanes) is 1. The summed E-state index contributed by atoms with van der Waals surface area (Å²) in [6, 6.07) is 6.52. The summed E-state index contributed by atoms with van der Waals surface area (Å²) < 4.78 is 5.31. The van der Waals surface area contributed by atoms with Gasteiger partial charge in [-0.05, 0) is 25.0 Å². The van der Waals surface area contributed by atoms with Gasteiger partial charge in [-0.2, -0.15) is 0 Å². The summed E-state index contributed by atoms with van der Waals surface area (Å²) in [5.74, 6) is -0.615. The summed E-state index contributed by atoms with van der Waals surface area (Å²) in [4.78, 5) is 10.8. The Kier molecular flexibility index (Phi) is 4.63. The van der Waals surface area contributed by atoms with Crippen molar-refractivity contribution in [1.82, 2.24) is 0 Å². The molecule has 0 amide bonds. The maximum atomic E-state index is 10.8. The Balaban J connectivity index is 2.56. The van der Waals surface area contributed by atoms with Gasteiger partial charge in [0.15, 0.2) is 0 Å². The topological polar surface area (TPSA) is 66.8 Å². The number of benzene rings is 1. The van der Waals surface area contributed by atoms with Crippen LogP contribution in [0.4, 0.5) is 0 Å². The molecule has 0 saturated carbocycles. The normalized spacial score (nSPS) is 9.93. The van der Waals surface area contributed by atoms with E-state index in [1.165, 1.54) is 6.07 Å². The highest BCUT2D eigenvalue weighted by atomic mass is 16.5. The van der Waals surface area contributed by atoms with E-state index >= 15 is 0 Å². The molecule has 0 bridgehead atoms. The van der Waals surface area contributed by atoms with Gasteiger partial charge in [-0.3, -0.25) is 0 Å². The zero-order valence-electron chi connectivity index (χ0n) is 8.35. The first kappa shape index (κ1) is 11.5. The fraction of sp³-hybridized carbons (Fsp3) is 0.364. The van der Waals surface area contributed by atoms with Crippen LogP contribution in [0, 0.1) is 0 Å². The van der Waals surface area contributed by atoms with Gasteiger partial charge in [0.25, 0.3) is 0 Å². The van der Waals surface area contributed by atoms with E-state index in [4.69, 9.17) is 14.9 Å². The lowest BCUT2D eigenvalue weighted by molar-refractivity contribution is 0.0692. The molecular weight excluding hydrogens is 196 g/mol. The second-order valence-electron chi connectivity index (χ2n) is 3.08. The Morgan fingerprint density at radius 3 is 2.67 bits per heavy atom. The standard InChI is InChI=1S/C11H14O4/c12-7-3-4-8-15-10-6-2-1-5-9(10)11(13)14/h1-2,5-6,12H,3-4,7-8H2,(H,13,14). The second-order valence-corrected chi connectivity index (χ2v) is 3.08. The zero-order valence-corrected chi connectivity index (χ0v) is 8.35. The summed E-state index contributed by atoms with van der Waals surface area (Å²) in [5, 5.41) is 17.4. The van der Waals surface area contributed by atoms with Gasteiger partial charge in [0.1, 0.15) is 11.3 Å². The van der Waals surface area contributed by atoms with Crippen molar-refractivity contribution in [2.24, 2.45) is 0 Å². The third-order valence-corrected chi connectivity index (χ3v) is 1.93. The highest BCUT2D eigenvalue weighted by Gasteiger charge is 2.09. The number of aliphatic hydroxyl groups is 1. The van der Waals surface area contributed by atoms with Crippen LogP contribution < -0.4 is 4.74 Å². The predicted molar refractivity (Wildman–Crippen MR) is 55.2 cm³/mol. The lowest BCUT2D eigenvalue weighted by atomic mass is 10.2. The van der Waals surface area contributed by atoms with Crippen molar-refractivity contribution in [2.75, 3.05) is 13.2 Å².